The maximum atomic E-state index is 12.2. The number of carbonyl (C=O) groups excluding carboxylic acids is 1. The number of carbonyl (C=O) groups is 1. The first-order chi connectivity index (χ1) is 8.78. The molecule has 19 heavy (non-hydrogen) atoms. The molecule has 0 aliphatic carbocycles. The highest BCUT2D eigenvalue weighted by molar-refractivity contribution is 7.80. The Morgan fingerprint density at radius 3 is 2.74 bits per heavy atom. The molecule has 1 saturated heterocycles. The van der Waals surface area contributed by atoms with E-state index in [2.05, 4.69) is 10.6 Å². The van der Waals surface area contributed by atoms with Crippen molar-refractivity contribution in [3.8, 4) is 0 Å². The molecule has 0 spiro atoms. The average Bonchev–Trinajstić information content (AvgIpc) is 2.57. The molecule has 2 N–H and O–H groups in total. The molecule has 1 aromatic carbocycles. The van der Waals surface area contributed by atoms with Gasteiger partial charge in [0.05, 0.1) is 22.8 Å². The number of benzene rings is 1. The smallest absolute Gasteiger partial charge is 0.328 e. The van der Waals surface area contributed by atoms with Gasteiger partial charge in [-0.1, -0.05) is 23.2 Å². The van der Waals surface area contributed by atoms with Gasteiger partial charge in [0, 0.05) is 5.02 Å². The number of hydrogen-bond acceptors (Lipinski definition) is 2. The van der Waals surface area contributed by atoms with Gasteiger partial charge in [0.2, 0.25) is 0 Å². The van der Waals surface area contributed by atoms with Crippen molar-refractivity contribution in [3.63, 3.8) is 0 Å². The molecule has 0 unspecified atom stereocenters. The first-order valence-electron chi connectivity index (χ1n) is 5.64. The van der Waals surface area contributed by atoms with Crippen molar-refractivity contribution >= 4 is 52.3 Å². The Morgan fingerprint density at radius 2 is 2.16 bits per heavy atom. The van der Waals surface area contributed by atoms with Crippen molar-refractivity contribution in [1.29, 1.82) is 0 Å². The standard InChI is InChI=1S/C12H13Cl2N3OS/c1-12(2)6-17(11(19)16-12)10(18)15-9-5-7(13)3-4-8(9)14/h3-5H,6H2,1-2H3,(H,15,18)(H,16,19). The molecule has 1 aliphatic heterocycles. The van der Waals surface area contributed by atoms with E-state index in [1.807, 2.05) is 13.8 Å². The molecule has 2 rings (SSSR count). The first-order valence-corrected chi connectivity index (χ1v) is 6.81. The Balaban J connectivity index is 2.14. The van der Waals surface area contributed by atoms with Gasteiger partial charge in [0.25, 0.3) is 0 Å². The van der Waals surface area contributed by atoms with E-state index in [1.54, 1.807) is 18.2 Å². The van der Waals surface area contributed by atoms with Gasteiger partial charge in [0.15, 0.2) is 5.11 Å². The van der Waals surface area contributed by atoms with Crippen LogP contribution in [0.3, 0.4) is 0 Å². The summed E-state index contributed by atoms with van der Waals surface area (Å²) in [6, 6.07) is 4.56. The normalized spacial score (nSPS) is 17.3. The fraction of sp³-hybridized carbons (Fsp3) is 0.333. The third-order valence-corrected chi connectivity index (χ3v) is 3.55. The lowest BCUT2D eigenvalue weighted by molar-refractivity contribution is 0.233. The minimum atomic E-state index is -0.327. The van der Waals surface area contributed by atoms with Crippen LogP contribution in [-0.4, -0.2) is 28.1 Å². The van der Waals surface area contributed by atoms with Gasteiger partial charge in [0.1, 0.15) is 0 Å². The van der Waals surface area contributed by atoms with E-state index in [4.69, 9.17) is 35.4 Å². The molecule has 0 bridgehead atoms. The zero-order valence-corrected chi connectivity index (χ0v) is 12.8. The Labute approximate surface area is 127 Å². The number of amides is 2. The lowest BCUT2D eigenvalue weighted by atomic mass is 10.1. The lowest BCUT2D eigenvalue weighted by Crippen LogP contribution is -2.37. The monoisotopic (exact) mass is 317 g/mol. The molecular formula is C12H13Cl2N3OS. The highest BCUT2D eigenvalue weighted by atomic mass is 35.5. The van der Waals surface area contributed by atoms with Crippen LogP contribution in [0.1, 0.15) is 13.8 Å². The minimum absolute atomic E-state index is 0.230. The number of halogens is 2. The molecule has 0 aromatic heterocycles. The summed E-state index contributed by atoms with van der Waals surface area (Å²) >= 11 is 17.0. The minimum Gasteiger partial charge on any atom is -0.355 e. The van der Waals surface area contributed by atoms with E-state index in [0.29, 0.717) is 27.4 Å². The number of rotatable bonds is 1. The van der Waals surface area contributed by atoms with Gasteiger partial charge in [-0.25, -0.2) is 4.79 Å². The second-order valence-corrected chi connectivity index (χ2v) is 6.18. The molecule has 7 heteroatoms. The highest BCUT2D eigenvalue weighted by Gasteiger charge is 2.35. The van der Waals surface area contributed by atoms with Gasteiger partial charge in [-0.15, -0.1) is 0 Å². The fourth-order valence-corrected chi connectivity index (χ4v) is 2.56. The summed E-state index contributed by atoms with van der Waals surface area (Å²) in [6.07, 6.45) is 0. The van der Waals surface area contributed by atoms with E-state index in [-0.39, 0.29) is 11.6 Å². The molecule has 1 aromatic rings. The van der Waals surface area contributed by atoms with Gasteiger partial charge in [-0.3, -0.25) is 4.90 Å². The number of thiocarbonyl (C=S) groups is 1. The van der Waals surface area contributed by atoms with Crippen LogP contribution in [0.15, 0.2) is 18.2 Å². The molecule has 1 fully saturated rings. The zero-order chi connectivity index (χ0) is 14.2. The topological polar surface area (TPSA) is 44.4 Å². The molecule has 1 aliphatic rings. The first kappa shape index (κ1) is 14.4. The summed E-state index contributed by atoms with van der Waals surface area (Å²) < 4.78 is 0. The summed E-state index contributed by atoms with van der Waals surface area (Å²) in [5.74, 6) is 0. The average molecular weight is 318 g/mol. The molecule has 4 nitrogen and oxygen atoms in total. The van der Waals surface area contributed by atoms with E-state index in [9.17, 15) is 4.79 Å². The van der Waals surface area contributed by atoms with Gasteiger partial charge in [-0.2, -0.15) is 0 Å². The van der Waals surface area contributed by atoms with Gasteiger partial charge >= 0.3 is 6.03 Å². The molecule has 0 radical (unpaired) electrons. The van der Waals surface area contributed by atoms with Crippen LogP contribution >= 0.6 is 35.4 Å². The summed E-state index contributed by atoms with van der Waals surface area (Å²) in [4.78, 5) is 13.6. The van der Waals surface area contributed by atoms with E-state index in [1.165, 1.54) is 4.90 Å². The van der Waals surface area contributed by atoms with Crippen molar-refractivity contribution in [2.75, 3.05) is 11.9 Å². The molecular weight excluding hydrogens is 305 g/mol. The van der Waals surface area contributed by atoms with Crippen molar-refractivity contribution in [2.45, 2.75) is 19.4 Å². The zero-order valence-electron chi connectivity index (χ0n) is 10.5. The summed E-state index contributed by atoms with van der Waals surface area (Å²) in [7, 11) is 0. The summed E-state index contributed by atoms with van der Waals surface area (Å²) in [5.41, 5.74) is 0.235. The van der Waals surface area contributed by atoms with Crippen LogP contribution in [0.25, 0.3) is 0 Å². The van der Waals surface area contributed by atoms with Crippen LogP contribution in [0.2, 0.25) is 10.0 Å². The molecule has 0 atom stereocenters. The Morgan fingerprint density at radius 1 is 1.47 bits per heavy atom. The highest BCUT2D eigenvalue weighted by Crippen LogP contribution is 2.26. The van der Waals surface area contributed by atoms with Crippen LogP contribution in [0, 0.1) is 0 Å². The number of hydrogen-bond donors (Lipinski definition) is 2. The van der Waals surface area contributed by atoms with Crippen molar-refractivity contribution < 1.29 is 4.79 Å². The number of urea groups is 1. The maximum Gasteiger partial charge on any atom is 0.328 e. The number of nitrogens with one attached hydrogen (secondary N) is 2. The van der Waals surface area contributed by atoms with Crippen molar-refractivity contribution in [2.24, 2.45) is 0 Å². The van der Waals surface area contributed by atoms with Gasteiger partial charge < -0.3 is 10.6 Å². The second-order valence-electron chi connectivity index (χ2n) is 4.95. The van der Waals surface area contributed by atoms with E-state index in [0.717, 1.165) is 0 Å². The number of anilines is 1. The largest absolute Gasteiger partial charge is 0.355 e. The molecule has 102 valence electrons. The predicted octanol–water partition coefficient (Wildman–Crippen LogP) is 3.49. The third-order valence-electron chi connectivity index (χ3n) is 2.66. The third kappa shape index (κ3) is 3.29. The summed E-state index contributed by atoms with van der Waals surface area (Å²) in [5, 5.41) is 7.11. The Hall–Kier alpha value is -1.04. The number of nitrogens with zero attached hydrogens (tertiary/aromatic N) is 1. The van der Waals surface area contributed by atoms with Crippen LogP contribution in [0.4, 0.5) is 10.5 Å². The Bertz CT molecular complexity index is 548. The SMILES string of the molecule is CC1(C)CN(C(=O)Nc2cc(Cl)ccc2Cl)C(=S)N1. The molecule has 2 amide bonds. The van der Waals surface area contributed by atoms with E-state index >= 15 is 0 Å². The van der Waals surface area contributed by atoms with Crippen LogP contribution < -0.4 is 10.6 Å². The predicted molar refractivity (Wildman–Crippen MR) is 82.0 cm³/mol. The molecule has 0 saturated carbocycles. The maximum absolute atomic E-state index is 12.2. The van der Waals surface area contributed by atoms with E-state index < -0.39 is 0 Å². The Kier molecular flexibility index (Phi) is 3.90. The van der Waals surface area contributed by atoms with Crippen LogP contribution in [0.5, 0.6) is 0 Å². The van der Waals surface area contributed by atoms with Crippen molar-refractivity contribution in [3.05, 3.63) is 28.2 Å². The molecule has 1 heterocycles. The quantitative estimate of drug-likeness (QED) is 0.779. The van der Waals surface area contributed by atoms with Crippen LogP contribution in [-0.2, 0) is 0 Å². The fourth-order valence-electron chi connectivity index (χ4n) is 1.80. The van der Waals surface area contributed by atoms with Crippen molar-refractivity contribution in [1.82, 2.24) is 10.2 Å². The van der Waals surface area contributed by atoms with Gasteiger partial charge in [-0.05, 0) is 44.3 Å². The lowest BCUT2D eigenvalue weighted by Gasteiger charge is -2.18. The second kappa shape index (κ2) is 5.15. The summed E-state index contributed by atoms with van der Waals surface area (Å²) in [6.45, 7) is 4.44.